The van der Waals surface area contributed by atoms with E-state index < -0.39 is 0 Å². The van der Waals surface area contributed by atoms with Gasteiger partial charge in [0.15, 0.2) is 5.96 Å². The summed E-state index contributed by atoms with van der Waals surface area (Å²) in [4.78, 5) is 19.2. The Bertz CT molecular complexity index is 541. The van der Waals surface area contributed by atoms with Crippen LogP contribution in [0.15, 0.2) is 17.1 Å². The molecule has 1 aliphatic rings. The van der Waals surface area contributed by atoms with Crippen LogP contribution in [-0.4, -0.2) is 31.0 Å². The highest BCUT2D eigenvalue weighted by Crippen LogP contribution is 2.17. The Morgan fingerprint density at radius 2 is 2.00 bits per heavy atom. The fourth-order valence-corrected chi connectivity index (χ4v) is 3.72. The summed E-state index contributed by atoms with van der Waals surface area (Å²) in [6.45, 7) is 6.23. The van der Waals surface area contributed by atoms with Crippen LogP contribution in [0.25, 0.3) is 0 Å². The Hall–Kier alpha value is -0.830. The van der Waals surface area contributed by atoms with Gasteiger partial charge in [0.05, 0.1) is 6.54 Å². The van der Waals surface area contributed by atoms with Crippen molar-refractivity contribution in [2.24, 2.45) is 4.99 Å². The van der Waals surface area contributed by atoms with E-state index in [4.69, 9.17) is 0 Å². The first-order valence-corrected chi connectivity index (χ1v) is 9.86. The van der Waals surface area contributed by atoms with Crippen molar-refractivity contribution in [3.05, 3.63) is 21.9 Å². The lowest BCUT2D eigenvalue weighted by atomic mass is 9.95. The summed E-state index contributed by atoms with van der Waals surface area (Å²) in [5.41, 5.74) is 0. The van der Waals surface area contributed by atoms with Gasteiger partial charge in [-0.05, 0) is 38.8 Å². The minimum atomic E-state index is 0. The summed E-state index contributed by atoms with van der Waals surface area (Å²) in [7, 11) is 0. The van der Waals surface area contributed by atoms with Crippen LogP contribution in [-0.2, 0) is 11.3 Å². The summed E-state index contributed by atoms with van der Waals surface area (Å²) in [6, 6.07) is 4.62. The predicted octanol–water partition coefficient (Wildman–Crippen LogP) is 3.57. The molecule has 1 fully saturated rings. The van der Waals surface area contributed by atoms with Crippen molar-refractivity contribution < 1.29 is 4.79 Å². The largest absolute Gasteiger partial charge is 0.357 e. The lowest BCUT2D eigenvalue weighted by Gasteiger charge is -2.22. The highest BCUT2D eigenvalue weighted by molar-refractivity contribution is 14.0. The van der Waals surface area contributed by atoms with Crippen molar-refractivity contribution in [3.63, 3.8) is 0 Å². The molecule has 1 aromatic heterocycles. The molecule has 0 bridgehead atoms. The van der Waals surface area contributed by atoms with Crippen molar-refractivity contribution in [2.45, 2.75) is 65.0 Å². The number of nitrogens with zero attached hydrogens (tertiary/aromatic N) is 1. The minimum Gasteiger partial charge on any atom is -0.357 e. The lowest BCUT2D eigenvalue weighted by Crippen LogP contribution is -2.41. The molecule has 0 aromatic carbocycles. The molecule has 0 atom stereocenters. The third-order valence-corrected chi connectivity index (χ3v) is 5.13. The second-order valence-electron chi connectivity index (χ2n) is 6.29. The maximum absolute atomic E-state index is 12.0. The van der Waals surface area contributed by atoms with E-state index >= 15 is 0 Å². The van der Waals surface area contributed by atoms with Gasteiger partial charge in [0.25, 0.3) is 0 Å². The van der Waals surface area contributed by atoms with Gasteiger partial charge in [0, 0.05) is 35.3 Å². The summed E-state index contributed by atoms with van der Waals surface area (Å²) >= 11 is 1.77. The molecule has 7 heteroatoms. The van der Waals surface area contributed by atoms with Gasteiger partial charge in [-0.25, -0.2) is 4.99 Å². The van der Waals surface area contributed by atoms with Crippen LogP contribution in [0, 0.1) is 6.92 Å². The first-order chi connectivity index (χ1) is 11.7. The molecule has 0 radical (unpaired) electrons. The van der Waals surface area contributed by atoms with Crippen molar-refractivity contribution >= 4 is 47.2 Å². The van der Waals surface area contributed by atoms with E-state index in [0.29, 0.717) is 25.6 Å². The normalized spacial score (nSPS) is 15.4. The predicted molar refractivity (Wildman–Crippen MR) is 117 cm³/mol. The fourth-order valence-electron chi connectivity index (χ4n) is 2.91. The maximum Gasteiger partial charge on any atom is 0.221 e. The molecule has 1 aliphatic carbocycles. The van der Waals surface area contributed by atoms with Crippen LogP contribution >= 0.6 is 35.3 Å². The molecule has 0 aliphatic heterocycles. The van der Waals surface area contributed by atoms with Gasteiger partial charge < -0.3 is 16.0 Å². The Morgan fingerprint density at radius 3 is 2.64 bits per heavy atom. The molecular formula is C18H31IN4OS. The zero-order valence-corrected chi connectivity index (χ0v) is 18.4. The van der Waals surface area contributed by atoms with Crippen LogP contribution < -0.4 is 16.0 Å². The van der Waals surface area contributed by atoms with Crippen molar-refractivity contribution in [2.75, 3.05) is 13.1 Å². The van der Waals surface area contributed by atoms with Gasteiger partial charge in [-0.3, -0.25) is 4.79 Å². The highest BCUT2D eigenvalue weighted by atomic mass is 127. The molecule has 3 N–H and O–H groups in total. The van der Waals surface area contributed by atoms with E-state index in [1.807, 2.05) is 6.92 Å². The van der Waals surface area contributed by atoms with E-state index in [1.54, 1.807) is 11.3 Å². The van der Waals surface area contributed by atoms with Crippen molar-refractivity contribution in [1.29, 1.82) is 0 Å². The van der Waals surface area contributed by atoms with Gasteiger partial charge in [-0.2, -0.15) is 0 Å². The molecule has 5 nitrogen and oxygen atoms in total. The van der Waals surface area contributed by atoms with Crippen LogP contribution in [0.4, 0.5) is 0 Å². The number of thiophene rings is 1. The number of aliphatic imine (C=N–C) groups is 1. The van der Waals surface area contributed by atoms with Gasteiger partial charge in [-0.15, -0.1) is 35.3 Å². The molecule has 0 saturated heterocycles. The van der Waals surface area contributed by atoms with E-state index in [-0.39, 0.29) is 29.9 Å². The van der Waals surface area contributed by atoms with Crippen molar-refractivity contribution in [1.82, 2.24) is 16.0 Å². The second-order valence-corrected chi connectivity index (χ2v) is 7.66. The Balaban J connectivity index is 0.00000312. The molecule has 1 aromatic rings. The summed E-state index contributed by atoms with van der Waals surface area (Å²) < 4.78 is 0. The van der Waals surface area contributed by atoms with Crippen LogP contribution in [0.2, 0.25) is 0 Å². The number of rotatable bonds is 7. The topological polar surface area (TPSA) is 65.5 Å². The highest BCUT2D eigenvalue weighted by Gasteiger charge is 2.15. The Labute approximate surface area is 172 Å². The third-order valence-electron chi connectivity index (χ3n) is 4.15. The van der Waals surface area contributed by atoms with E-state index in [2.05, 4.69) is 40.0 Å². The fraction of sp³-hybridized carbons (Fsp3) is 0.667. The smallest absolute Gasteiger partial charge is 0.221 e. The van der Waals surface area contributed by atoms with Gasteiger partial charge in [0.2, 0.25) is 5.91 Å². The average molecular weight is 478 g/mol. The molecule has 1 amide bonds. The summed E-state index contributed by atoms with van der Waals surface area (Å²) in [6.07, 6.45) is 6.53. The molecule has 0 unspecified atom stereocenters. The number of amides is 1. The Morgan fingerprint density at radius 1 is 1.24 bits per heavy atom. The van der Waals surface area contributed by atoms with E-state index in [9.17, 15) is 4.79 Å². The van der Waals surface area contributed by atoms with E-state index in [0.717, 1.165) is 25.3 Å². The molecule has 142 valence electrons. The number of hydrogen-bond donors (Lipinski definition) is 3. The number of carbonyl (C=O) groups excluding carboxylic acids is 1. The molecule has 0 spiro atoms. The standard InChI is InChI=1S/C18H30N4OS.HI/c1-3-19-18(21-13-16-10-9-14(2)24-16)20-12-11-17(23)22-15-7-5-4-6-8-15;/h9-10,15H,3-8,11-13H2,1-2H3,(H,22,23)(H2,19,20,21);1H. The molecule has 1 heterocycles. The number of carbonyl (C=O) groups is 1. The maximum atomic E-state index is 12.0. The minimum absolute atomic E-state index is 0. The van der Waals surface area contributed by atoms with Crippen LogP contribution in [0.1, 0.15) is 55.2 Å². The Kier molecular flexibility index (Phi) is 11.1. The van der Waals surface area contributed by atoms with Gasteiger partial charge >= 0.3 is 0 Å². The van der Waals surface area contributed by atoms with Crippen LogP contribution in [0.3, 0.4) is 0 Å². The number of guanidine groups is 1. The monoisotopic (exact) mass is 478 g/mol. The second kappa shape index (κ2) is 12.5. The summed E-state index contributed by atoms with van der Waals surface area (Å²) in [5, 5.41) is 9.62. The zero-order chi connectivity index (χ0) is 17.2. The first kappa shape index (κ1) is 22.2. The zero-order valence-electron chi connectivity index (χ0n) is 15.3. The lowest BCUT2D eigenvalue weighted by molar-refractivity contribution is -0.121. The average Bonchev–Trinajstić information content (AvgIpc) is 2.99. The van der Waals surface area contributed by atoms with Crippen molar-refractivity contribution in [3.8, 4) is 0 Å². The van der Waals surface area contributed by atoms with E-state index in [1.165, 1.54) is 29.0 Å². The summed E-state index contributed by atoms with van der Waals surface area (Å²) in [5.74, 6) is 0.910. The molecule has 25 heavy (non-hydrogen) atoms. The molecule has 2 rings (SSSR count). The quantitative estimate of drug-likeness (QED) is 0.319. The number of halogens is 1. The number of aryl methyl sites for hydroxylation is 1. The number of nitrogens with one attached hydrogen (secondary N) is 3. The molecular weight excluding hydrogens is 447 g/mol. The number of hydrogen-bond acceptors (Lipinski definition) is 3. The first-order valence-electron chi connectivity index (χ1n) is 9.04. The SMILES string of the molecule is CCNC(=NCc1ccc(C)s1)NCCC(=O)NC1CCCCC1.I. The van der Waals surface area contributed by atoms with Gasteiger partial charge in [0.1, 0.15) is 0 Å². The van der Waals surface area contributed by atoms with Crippen LogP contribution in [0.5, 0.6) is 0 Å². The molecule has 1 saturated carbocycles. The third kappa shape index (κ3) is 8.89. The van der Waals surface area contributed by atoms with Gasteiger partial charge in [-0.1, -0.05) is 19.3 Å².